The lowest BCUT2D eigenvalue weighted by Gasteiger charge is -2.33. The number of benzene rings is 1. The Hall–Kier alpha value is -2.07. The van der Waals surface area contributed by atoms with E-state index in [-0.39, 0.29) is 25.5 Å². The molecule has 0 amide bonds. The minimum Gasteiger partial charge on any atom is -0.338 e. The van der Waals surface area contributed by atoms with Gasteiger partial charge in [0.05, 0.1) is 5.69 Å². The summed E-state index contributed by atoms with van der Waals surface area (Å²) < 4.78 is 16.9. The molecule has 2 aromatic rings. The van der Waals surface area contributed by atoms with Crippen LogP contribution in [0.5, 0.6) is 0 Å². The molecule has 0 bridgehead atoms. The molecule has 4 rings (SSSR count). The van der Waals surface area contributed by atoms with Crippen molar-refractivity contribution in [2.45, 2.75) is 45.7 Å². The molecule has 1 aromatic carbocycles. The Balaban J connectivity index is 1.66. The van der Waals surface area contributed by atoms with Crippen molar-refractivity contribution >= 4 is 11.4 Å². The van der Waals surface area contributed by atoms with Gasteiger partial charge in [-0.15, -0.1) is 0 Å². The number of fused-ring (bicyclic) bond motifs is 1. The molecule has 1 fully saturated rings. The highest BCUT2D eigenvalue weighted by atomic mass is 16.1. The lowest BCUT2D eigenvalue weighted by atomic mass is 9.98. The van der Waals surface area contributed by atoms with Crippen LogP contribution in [-0.2, 0) is 20.0 Å². The average Bonchev–Trinajstić information content (AvgIpc) is 3.53. The molecule has 1 saturated carbocycles. The van der Waals surface area contributed by atoms with Gasteiger partial charge in [-0.1, -0.05) is 6.07 Å². The third kappa shape index (κ3) is 3.56. The van der Waals surface area contributed by atoms with Gasteiger partial charge in [-0.05, 0) is 68.3 Å². The molecular weight excluding hydrogens is 322 g/mol. The minimum atomic E-state index is -0.168. The zero-order chi connectivity index (χ0) is 19.7. The molecule has 0 radical (unpaired) electrons. The van der Waals surface area contributed by atoms with Crippen molar-refractivity contribution in [3.8, 4) is 0 Å². The molecule has 2 heterocycles. The maximum Gasteiger partial charge on any atom is 0.250 e. The highest BCUT2D eigenvalue weighted by Gasteiger charge is 2.26. The van der Waals surface area contributed by atoms with Crippen molar-refractivity contribution in [1.82, 2.24) is 9.47 Å². The first-order chi connectivity index (χ1) is 13.6. The first-order valence-corrected chi connectivity index (χ1v) is 9.51. The van der Waals surface area contributed by atoms with Crippen molar-refractivity contribution in [2.24, 2.45) is 12.9 Å². The molecule has 0 spiro atoms. The number of rotatable bonds is 5. The Morgan fingerprint density at radius 3 is 2.85 bits per heavy atom. The molecule has 1 aliphatic heterocycles. The van der Waals surface area contributed by atoms with Gasteiger partial charge in [0.1, 0.15) is 0 Å². The minimum absolute atomic E-state index is 0.0270. The Morgan fingerprint density at radius 1 is 1.23 bits per heavy atom. The quantitative estimate of drug-likeness (QED) is 0.820. The summed E-state index contributed by atoms with van der Waals surface area (Å²) in [5, 5.41) is 0. The van der Waals surface area contributed by atoms with Crippen LogP contribution in [-0.4, -0.2) is 28.6 Å². The number of pyridine rings is 1. The van der Waals surface area contributed by atoms with E-state index in [2.05, 4.69) is 28.0 Å². The van der Waals surface area contributed by atoms with Gasteiger partial charge in [-0.25, -0.2) is 0 Å². The lowest BCUT2D eigenvalue weighted by molar-refractivity contribution is 0.244. The molecule has 1 unspecified atom stereocenters. The summed E-state index contributed by atoms with van der Waals surface area (Å²) in [6.45, 7) is 5.64. The fraction of sp³-hybridized carbons (Fsp3) is 0.500. The number of anilines is 2. The third-order valence-electron chi connectivity index (χ3n) is 5.46. The Morgan fingerprint density at radius 2 is 2.08 bits per heavy atom. The molecule has 4 heteroatoms. The molecule has 2 aliphatic rings. The van der Waals surface area contributed by atoms with Crippen LogP contribution in [0.4, 0.5) is 11.4 Å². The highest BCUT2D eigenvalue weighted by Crippen LogP contribution is 2.34. The SMILES string of the molecule is [2H]CC(C)N(c1ccc2c(c1)CN(CC1CC1)CC2)c1ccc(=O)n(C[2H])c1. The molecule has 26 heavy (non-hydrogen) atoms. The second-order valence-corrected chi connectivity index (χ2v) is 7.80. The molecule has 0 saturated heterocycles. The normalized spacial score (nSPS) is 19.4. The first kappa shape index (κ1) is 15.0. The van der Waals surface area contributed by atoms with E-state index in [0.717, 1.165) is 36.8 Å². The van der Waals surface area contributed by atoms with Gasteiger partial charge >= 0.3 is 0 Å². The largest absolute Gasteiger partial charge is 0.338 e. The molecule has 0 N–H and O–H groups in total. The fourth-order valence-corrected chi connectivity index (χ4v) is 3.89. The summed E-state index contributed by atoms with van der Waals surface area (Å²) in [4.78, 5) is 16.6. The first-order valence-electron chi connectivity index (χ1n) is 10.9. The van der Waals surface area contributed by atoms with Crippen LogP contribution in [0.3, 0.4) is 0 Å². The van der Waals surface area contributed by atoms with Crippen LogP contribution < -0.4 is 10.5 Å². The van der Waals surface area contributed by atoms with E-state index in [4.69, 9.17) is 2.74 Å². The highest BCUT2D eigenvalue weighted by molar-refractivity contribution is 5.64. The molecule has 1 atom stereocenters. The van der Waals surface area contributed by atoms with Crippen molar-refractivity contribution in [1.29, 1.82) is 0 Å². The van der Waals surface area contributed by atoms with Crippen LogP contribution in [0.15, 0.2) is 41.3 Å². The van der Waals surface area contributed by atoms with Gasteiger partial charge < -0.3 is 9.47 Å². The summed E-state index contributed by atoms with van der Waals surface area (Å²) in [5.74, 6) is 0.899. The molecule has 1 aromatic heterocycles. The van der Waals surface area contributed by atoms with E-state index in [9.17, 15) is 4.79 Å². The summed E-state index contributed by atoms with van der Waals surface area (Å²) in [6.07, 6.45) is 5.59. The Bertz CT molecular complexity index is 894. The zero-order valence-corrected chi connectivity index (χ0v) is 15.5. The van der Waals surface area contributed by atoms with Crippen LogP contribution in [0.1, 0.15) is 40.5 Å². The molecule has 4 nitrogen and oxygen atoms in total. The number of hydrogen-bond acceptors (Lipinski definition) is 3. The fourth-order valence-electron chi connectivity index (χ4n) is 3.89. The van der Waals surface area contributed by atoms with E-state index < -0.39 is 0 Å². The Labute approximate surface area is 158 Å². The third-order valence-corrected chi connectivity index (χ3v) is 5.46. The van der Waals surface area contributed by atoms with E-state index in [1.54, 1.807) is 12.3 Å². The van der Waals surface area contributed by atoms with Gasteiger partial charge in [0, 0.05) is 53.4 Å². The number of aryl methyl sites for hydroxylation is 1. The number of aromatic nitrogens is 1. The van der Waals surface area contributed by atoms with Crippen molar-refractivity contribution in [3.05, 3.63) is 58.0 Å². The summed E-state index contributed by atoms with van der Waals surface area (Å²) in [6, 6.07) is 9.92. The lowest BCUT2D eigenvalue weighted by Crippen LogP contribution is -2.33. The average molecular weight is 354 g/mol. The number of nitrogens with zero attached hydrogens (tertiary/aromatic N) is 3. The van der Waals surface area contributed by atoms with Gasteiger partial charge in [-0.2, -0.15) is 0 Å². The predicted octanol–water partition coefficient (Wildman–Crippen LogP) is 3.70. The van der Waals surface area contributed by atoms with Gasteiger partial charge in [0.25, 0.3) is 0 Å². The van der Waals surface area contributed by atoms with E-state index in [1.807, 2.05) is 6.92 Å². The van der Waals surface area contributed by atoms with Crippen LogP contribution in [0.25, 0.3) is 0 Å². The van der Waals surface area contributed by atoms with E-state index in [1.165, 1.54) is 41.1 Å². The zero-order valence-electron chi connectivity index (χ0n) is 17.5. The smallest absolute Gasteiger partial charge is 0.250 e. The maximum atomic E-state index is 11.9. The number of hydrogen-bond donors (Lipinski definition) is 0. The Kier molecular flexibility index (Phi) is 4.00. The van der Waals surface area contributed by atoms with Gasteiger partial charge in [0.15, 0.2) is 0 Å². The van der Waals surface area contributed by atoms with Gasteiger partial charge in [-0.3, -0.25) is 9.69 Å². The topological polar surface area (TPSA) is 28.5 Å². The van der Waals surface area contributed by atoms with E-state index >= 15 is 0 Å². The summed E-state index contributed by atoms with van der Waals surface area (Å²) in [7, 11) is -0.101. The summed E-state index contributed by atoms with van der Waals surface area (Å²) >= 11 is 0. The second kappa shape index (κ2) is 6.92. The standard InChI is InChI=1S/C22H29N3O/c1-16(2)25(21-8-9-22(26)23(3)15-21)20-7-6-18-10-11-24(13-17-4-5-17)14-19(18)12-20/h6-9,12,15-17H,4-5,10-11,13-14H2,1-3H3/i1D,3D. The molecular formula is C22H29N3O. The second-order valence-electron chi connectivity index (χ2n) is 7.80. The monoisotopic (exact) mass is 353 g/mol. The van der Waals surface area contributed by atoms with Crippen LogP contribution in [0, 0.1) is 5.92 Å². The van der Waals surface area contributed by atoms with E-state index in [0.29, 0.717) is 0 Å². The van der Waals surface area contributed by atoms with Crippen LogP contribution >= 0.6 is 0 Å². The predicted molar refractivity (Wildman–Crippen MR) is 107 cm³/mol. The molecule has 138 valence electrons. The van der Waals surface area contributed by atoms with Crippen molar-refractivity contribution < 1.29 is 2.74 Å². The van der Waals surface area contributed by atoms with Crippen molar-refractivity contribution in [2.75, 3.05) is 18.0 Å². The van der Waals surface area contributed by atoms with Gasteiger partial charge in [0.2, 0.25) is 5.56 Å². The van der Waals surface area contributed by atoms with Crippen LogP contribution in [0.2, 0.25) is 0 Å². The van der Waals surface area contributed by atoms with Crippen molar-refractivity contribution in [3.63, 3.8) is 0 Å². The summed E-state index contributed by atoms with van der Waals surface area (Å²) in [5.41, 5.74) is 4.54. The molecule has 1 aliphatic carbocycles. The maximum absolute atomic E-state index is 11.9.